The largest absolute Gasteiger partial charge is 0.389 e. The molecule has 1 aliphatic heterocycles. The van der Waals surface area contributed by atoms with Crippen molar-refractivity contribution in [1.82, 2.24) is 5.32 Å². The van der Waals surface area contributed by atoms with Crippen molar-refractivity contribution in [2.45, 2.75) is 30.9 Å². The van der Waals surface area contributed by atoms with E-state index >= 15 is 0 Å². The topological polar surface area (TPSA) is 32.3 Å². The van der Waals surface area contributed by atoms with Gasteiger partial charge in [0.15, 0.2) is 0 Å². The molecule has 2 unspecified atom stereocenters. The molecule has 2 aliphatic rings. The first-order valence-corrected chi connectivity index (χ1v) is 3.93. The van der Waals surface area contributed by atoms with Crippen molar-refractivity contribution < 1.29 is 5.11 Å². The summed E-state index contributed by atoms with van der Waals surface area (Å²) in [4.78, 5) is 0. The van der Waals surface area contributed by atoms with E-state index in [4.69, 9.17) is 0 Å². The molecule has 0 bridgehead atoms. The Morgan fingerprint density at radius 2 is 2.50 bits per heavy atom. The van der Waals surface area contributed by atoms with E-state index in [0.29, 0.717) is 0 Å². The van der Waals surface area contributed by atoms with Crippen molar-refractivity contribution in [2.24, 2.45) is 0 Å². The first-order valence-electron chi connectivity index (χ1n) is 3.93. The molecule has 1 heterocycles. The molecule has 1 saturated heterocycles. The summed E-state index contributed by atoms with van der Waals surface area (Å²) in [5, 5.41) is 12.6. The van der Waals surface area contributed by atoms with Crippen LogP contribution in [0, 0.1) is 0 Å². The summed E-state index contributed by atoms with van der Waals surface area (Å²) in [6.07, 6.45) is 7.15. The molecule has 0 radical (unpaired) electrons. The third-order valence-electron chi connectivity index (χ3n) is 2.49. The Bertz CT molecular complexity index is 159. The predicted molar refractivity (Wildman–Crippen MR) is 39.7 cm³/mol. The van der Waals surface area contributed by atoms with E-state index in [9.17, 15) is 5.11 Å². The molecular formula is C8H13NO. The molecule has 2 heteroatoms. The van der Waals surface area contributed by atoms with Crippen molar-refractivity contribution in [1.29, 1.82) is 0 Å². The van der Waals surface area contributed by atoms with Gasteiger partial charge in [-0.3, -0.25) is 0 Å². The van der Waals surface area contributed by atoms with Crippen LogP contribution in [-0.4, -0.2) is 23.3 Å². The molecule has 0 saturated carbocycles. The Labute approximate surface area is 60.9 Å². The zero-order valence-corrected chi connectivity index (χ0v) is 6.01. The second kappa shape index (κ2) is 2.07. The maximum absolute atomic E-state index is 9.23. The van der Waals surface area contributed by atoms with E-state index in [1.807, 2.05) is 6.08 Å². The fraction of sp³-hybridized carbons (Fsp3) is 0.750. The standard InChI is InChI=1S/C8H13NO/c10-7-2-4-8(6-7)3-1-5-9-8/h2,4,7,9-10H,1,3,5-6H2. The summed E-state index contributed by atoms with van der Waals surface area (Å²) in [6, 6.07) is 0. The van der Waals surface area contributed by atoms with Gasteiger partial charge in [-0.05, 0) is 25.8 Å². The second-order valence-corrected chi connectivity index (χ2v) is 3.32. The number of aliphatic hydroxyl groups is 1. The zero-order valence-electron chi connectivity index (χ0n) is 6.01. The van der Waals surface area contributed by atoms with E-state index in [0.717, 1.165) is 13.0 Å². The summed E-state index contributed by atoms with van der Waals surface area (Å²) >= 11 is 0. The third-order valence-corrected chi connectivity index (χ3v) is 2.49. The lowest BCUT2D eigenvalue weighted by Gasteiger charge is -2.21. The van der Waals surface area contributed by atoms with Crippen LogP contribution >= 0.6 is 0 Å². The van der Waals surface area contributed by atoms with E-state index in [2.05, 4.69) is 11.4 Å². The predicted octanol–water partition coefficient (Wildman–Crippen LogP) is 0.429. The number of hydrogen-bond acceptors (Lipinski definition) is 2. The highest BCUT2D eigenvalue weighted by Crippen LogP contribution is 2.30. The summed E-state index contributed by atoms with van der Waals surface area (Å²) < 4.78 is 0. The molecule has 2 N–H and O–H groups in total. The molecule has 56 valence electrons. The quantitative estimate of drug-likeness (QED) is 0.477. The van der Waals surface area contributed by atoms with Crippen LogP contribution < -0.4 is 5.32 Å². The van der Waals surface area contributed by atoms with Crippen LogP contribution in [0.3, 0.4) is 0 Å². The van der Waals surface area contributed by atoms with Gasteiger partial charge in [0.05, 0.1) is 6.10 Å². The van der Waals surface area contributed by atoms with Crippen molar-refractivity contribution in [3.63, 3.8) is 0 Å². The van der Waals surface area contributed by atoms with Gasteiger partial charge in [0, 0.05) is 5.54 Å². The Morgan fingerprint density at radius 1 is 1.60 bits per heavy atom. The van der Waals surface area contributed by atoms with Gasteiger partial charge in [-0.15, -0.1) is 0 Å². The van der Waals surface area contributed by atoms with Gasteiger partial charge in [-0.25, -0.2) is 0 Å². The van der Waals surface area contributed by atoms with Gasteiger partial charge in [-0.2, -0.15) is 0 Å². The highest BCUT2D eigenvalue weighted by molar-refractivity contribution is 5.18. The average molecular weight is 139 g/mol. The summed E-state index contributed by atoms with van der Waals surface area (Å²) in [5.74, 6) is 0. The zero-order chi connectivity index (χ0) is 7.03. The average Bonchev–Trinajstić information content (AvgIpc) is 2.46. The number of nitrogens with one attached hydrogen (secondary N) is 1. The second-order valence-electron chi connectivity index (χ2n) is 3.32. The summed E-state index contributed by atoms with van der Waals surface area (Å²) in [6.45, 7) is 1.11. The molecule has 0 aromatic heterocycles. The van der Waals surface area contributed by atoms with Crippen LogP contribution in [0.4, 0.5) is 0 Å². The first kappa shape index (κ1) is 6.38. The van der Waals surface area contributed by atoms with Crippen LogP contribution in [0.15, 0.2) is 12.2 Å². The van der Waals surface area contributed by atoms with E-state index in [1.54, 1.807) is 0 Å². The fourth-order valence-electron chi connectivity index (χ4n) is 1.95. The molecule has 1 aliphatic carbocycles. The van der Waals surface area contributed by atoms with Crippen molar-refractivity contribution in [3.8, 4) is 0 Å². The lowest BCUT2D eigenvalue weighted by molar-refractivity contribution is 0.197. The molecule has 1 fully saturated rings. The lowest BCUT2D eigenvalue weighted by Crippen LogP contribution is -2.36. The van der Waals surface area contributed by atoms with Gasteiger partial charge in [0.1, 0.15) is 0 Å². The van der Waals surface area contributed by atoms with Crippen molar-refractivity contribution >= 4 is 0 Å². The maximum atomic E-state index is 9.23. The van der Waals surface area contributed by atoms with Gasteiger partial charge >= 0.3 is 0 Å². The maximum Gasteiger partial charge on any atom is 0.0742 e. The molecule has 2 atom stereocenters. The van der Waals surface area contributed by atoms with E-state index in [-0.39, 0.29) is 11.6 Å². The Kier molecular flexibility index (Phi) is 1.32. The van der Waals surface area contributed by atoms with E-state index < -0.39 is 0 Å². The van der Waals surface area contributed by atoms with Gasteiger partial charge in [-0.1, -0.05) is 12.2 Å². The molecule has 2 rings (SSSR count). The van der Waals surface area contributed by atoms with Crippen LogP contribution in [0.2, 0.25) is 0 Å². The minimum absolute atomic E-state index is 0.180. The Balaban J connectivity index is 2.11. The van der Waals surface area contributed by atoms with Crippen molar-refractivity contribution in [2.75, 3.05) is 6.54 Å². The number of rotatable bonds is 0. The Hall–Kier alpha value is -0.340. The summed E-state index contributed by atoms with van der Waals surface area (Å²) in [5.41, 5.74) is 0.180. The van der Waals surface area contributed by atoms with Crippen LogP contribution in [-0.2, 0) is 0 Å². The molecular weight excluding hydrogens is 126 g/mol. The van der Waals surface area contributed by atoms with Gasteiger partial charge in [0.25, 0.3) is 0 Å². The first-order chi connectivity index (χ1) is 4.81. The molecule has 2 nitrogen and oxygen atoms in total. The number of aliphatic hydroxyl groups excluding tert-OH is 1. The summed E-state index contributed by atoms with van der Waals surface area (Å²) in [7, 11) is 0. The van der Waals surface area contributed by atoms with Gasteiger partial charge in [0.2, 0.25) is 0 Å². The molecule has 0 aromatic carbocycles. The monoisotopic (exact) mass is 139 g/mol. The molecule has 1 spiro atoms. The van der Waals surface area contributed by atoms with Crippen molar-refractivity contribution in [3.05, 3.63) is 12.2 Å². The minimum Gasteiger partial charge on any atom is -0.389 e. The van der Waals surface area contributed by atoms with Crippen LogP contribution in [0.5, 0.6) is 0 Å². The van der Waals surface area contributed by atoms with Gasteiger partial charge < -0.3 is 10.4 Å². The Morgan fingerprint density at radius 3 is 3.00 bits per heavy atom. The third kappa shape index (κ3) is 0.879. The van der Waals surface area contributed by atoms with Crippen LogP contribution in [0.25, 0.3) is 0 Å². The molecule has 0 aromatic rings. The highest BCUT2D eigenvalue weighted by atomic mass is 16.3. The normalized spacial score (nSPS) is 45.5. The van der Waals surface area contributed by atoms with Crippen LogP contribution in [0.1, 0.15) is 19.3 Å². The lowest BCUT2D eigenvalue weighted by atomic mass is 9.97. The minimum atomic E-state index is -0.203. The van der Waals surface area contributed by atoms with E-state index in [1.165, 1.54) is 12.8 Å². The SMILES string of the molecule is OC1C=CC2(CCCN2)C1. The molecule has 10 heavy (non-hydrogen) atoms. The highest BCUT2D eigenvalue weighted by Gasteiger charge is 2.35. The molecule has 0 amide bonds. The number of hydrogen-bond donors (Lipinski definition) is 2. The fourth-order valence-corrected chi connectivity index (χ4v) is 1.95. The smallest absolute Gasteiger partial charge is 0.0742 e.